The zero-order chi connectivity index (χ0) is 22.0. The highest BCUT2D eigenvalue weighted by atomic mass is 19.4. The number of fused-ring (bicyclic) bond motifs is 1. The van der Waals surface area contributed by atoms with Gasteiger partial charge in [0.2, 0.25) is 0 Å². The van der Waals surface area contributed by atoms with E-state index in [-0.39, 0.29) is 43.5 Å². The molecule has 1 saturated heterocycles. The van der Waals surface area contributed by atoms with Crippen LogP contribution in [-0.2, 0) is 6.18 Å². The SMILES string of the molecule is COc1ccc(NC(=O)N2CCN(c3nc4ccccc4nc3C(F)(F)F)CC2)cc1. The molecule has 1 aromatic heterocycles. The number of piperazine rings is 1. The van der Waals surface area contributed by atoms with Crippen LogP contribution in [0, 0.1) is 0 Å². The Morgan fingerprint density at radius 3 is 2.16 bits per heavy atom. The van der Waals surface area contributed by atoms with E-state index in [9.17, 15) is 18.0 Å². The molecule has 4 rings (SSSR count). The molecule has 1 aliphatic rings. The van der Waals surface area contributed by atoms with Crippen LogP contribution < -0.4 is 15.0 Å². The van der Waals surface area contributed by atoms with E-state index in [1.807, 2.05) is 0 Å². The summed E-state index contributed by atoms with van der Waals surface area (Å²) in [5.41, 5.74) is 0.177. The molecule has 0 aliphatic carbocycles. The van der Waals surface area contributed by atoms with Crippen molar-refractivity contribution in [1.29, 1.82) is 0 Å². The minimum absolute atomic E-state index is 0.191. The predicted molar refractivity (Wildman–Crippen MR) is 110 cm³/mol. The summed E-state index contributed by atoms with van der Waals surface area (Å²) in [6, 6.07) is 13.0. The van der Waals surface area contributed by atoms with Gasteiger partial charge in [0.1, 0.15) is 5.75 Å². The number of ether oxygens (including phenoxy) is 1. The number of carbonyl (C=O) groups excluding carboxylic acids is 1. The molecule has 0 bridgehead atoms. The van der Waals surface area contributed by atoms with Crippen LogP contribution in [0.5, 0.6) is 5.75 Å². The largest absolute Gasteiger partial charge is 0.497 e. The van der Waals surface area contributed by atoms with Gasteiger partial charge in [0, 0.05) is 31.9 Å². The average molecular weight is 431 g/mol. The molecule has 2 heterocycles. The van der Waals surface area contributed by atoms with E-state index in [2.05, 4.69) is 15.3 Å². The van der Waals surface area contributed by atoms with Crippen molar-refractivity contribution in [2.75, 3.05) is 43.5 Å². The van der Waals surface area contributed by atoms with Gasteiger partial charge >= 0.3 is 12.2 Å². The highest BCUT2D eigenvalue weighted by Crippen LogP contribution is 2.35. The summed E-state index contributed by atoms with van der Waals surface area (Å²) < 4.78 is 45.9. The first-order chi connectivity index (χ1) is 14.8. The number of aromatic nitrogens is 2. The average Bonchev–Trinajstić information content (AvgIpc) is 2.78. The van der Waals surface area contributed by atoms with Gasteiger partial charge in [-0.15, -0.1) is 0 Å². The number of halogens is 3. The molecule has 1 aliphatic heterocycles. The number of nitrogens with zero attached hydrogens (tertiary/aromatic N) is 4. The maximum atomic E-state index is 13.6. The van der Waals surface area contributed by atoms with Gasteiger partial charge in [-0.2, -0.15) is 13.2 Å². The lowest BCUT2D eigenvalue weighted by molar-refractivity contribution is -0.140. The third-order valence-electron chi connectivity index (χ3n) is 5.03. The van der Waals surface area contributed by atoms with Crippen LogP contribution >= 0.6 is 0 Å². The predicted octanol–water partition coefficient (Wildman–Crippen LogP) is 4.01. The van der Waals surface area contributed by atoms with Crippen molar-refractivity contribution in [2.45, 2.75) is 6.18 Å². The summed E-state index contributed by atoms with van der Waals surface area (Å²) in [6.45, 7) is 0.944. The molecule has 1 N–H and O–H groups in total. The first-order valence-corrected chi connectivity index (χ1v) is 9.64. The summed E-state index contributed by atoms with van der Waals surface area (Å²) in [5.74, 6) is 0.463. The summed E-state index contributed by atoms with van der Waals surface area (Å²) in [5, 5.41) is 2.78. The number of benzene rings is 2. The number of para-hydroxylation sites is 2. The normalized spacial score (nSPS) is 14.6. The minimum Gasteiger partial charge on any atom is -0.497 e. The molecule has 0 atom stereocenters. The van der Waals surface area contributed by atoms with Crippen LogP contribution in [-0.4, -0.2) is 54.2 Å². The number of rotatable bonds is 3. The van der Waals surface area contributed by atoms with Crippen LogP contribution in [0.4, 0.5) is 29.5 Å². The number of methoxy groups -OCH3 is 1. The van der Waals surface area contributed by atoms with Crippen LogP contribution in [0.3, 0.4) is 0 Å². The summed E-state index contributed by atoms with van der Waals surface area (Å²) in [7, 11) is 1.55. The molecule has 0 spiro atoms. The van der Waals surface area contributed by atoms with Crippen LogP contribution in [0.15, 0.2) is 48.5 Å². The Morgan fingerprint density at radius 2 is 1.58 bits per heavy atom. The number of anilines is 2. The topological polar surface area (TPSA) is 70.6 Å². The number of amides is 2. The molecular weight excluding hydrogens is 411 g/mol. The Hall–Kier alpha value is -3.56. The molecule has 2 aromatic carbocycles. The van der Waals surface area contributed by atoms with E-state index in [1.165, 1.54) is 11.0 Å². The van der Waals surface area contributed by atoms with Crippen molar-refractivity contribution in [1.82, 2.24) is 14.9 Å². The molecule has 0 unspecified atom stereocenters. The standard InChI is InChI=1S/C21H20F3N5O2/c1-31-15-8-6-14(7-9-15)25-20(30)29-12-10-28(11-13-29)19-18(21(22,23)24)26-16-4-2-3-5-17(16)27-19/h2-9H,10-13H2,1H3,(H,25,30). The Balaban J connectivity index is 1.48. The number of hydrogen-bond donors (Lipinski definition) is 1. The molecule has 0 saturated carbocycles. The molecule has 162 valence electrons. The fourth-order valence-corrected chi connectivity index (χ4v) is 3.40. The fourth-order valence-electron chi connectivity index (χ4n) is 3.40. The van der Waals surface area contributed by atoms with Gasteiger partial charge in [0.25, 0.3) is 0 Å². The van der Waals surface area contributed by atoms with Gasteiger partial charge in [-0.05, 0) is 36.4 Å². The maximum Gasteiger partial charge on any atom is 0.437 e. The highest BCUT2D eigenvalue weighted by molar-refractivity contribution is 5.89. The maximum absolute atomic E-state index is 13.6. The molecule has 1 fully saturated rings. The van der Waals surface area contributed by atoms with Crippen molar-refractivity contribution >= 4 is 28.6 Å². The van der Waals surface area contributed by atoms with E-state index in [1.54, 1.807) is 54.5 Å². The van der Waals surface area contributed by atoms with Crippen molar-refractivity contribution in [3.63, 3.8) is 0 Å². The lowest BCUT2D eigenvalue weighted by Crippen LogP contribution is -2.50. The van der Waals surface area contributed by atoms with Gasteiger partial charge < -0.3 is 19.9 Å². The van der Waals surface area contributed by atoms with Gasteiger partial charge in [-0.1, -0.05) is 12.1 Å². The third-order valence-corrected chi connectivity index (χ3v) is 5.03. The second-order valence-electron chi connectivity index (χ2n) is 7.02. The minimum atomic E-state index is -4.63. The second kappa shape index (κ2) is 8.29. The molecular formula is C21H20F3N5O2. The van der Waals surface area contributed by atoms with Gasteiger partial charge in [-0.3, -0.25) is 0 Å². The van der Waals surface area contributed by atoms with E-state index in [4.69, 9.17) is 4.74 Å². The zero-order valence-electron chi connectivity index (χ0n) is 16.7. The molecule has 0 radical (unpaired) electrons. The van der Waals surface area contributed by atoms with E-state index < -0.39 is 11.9 Å². The molecule has 10 heteroatoms. The summed E-state index contributed by atoms with van der Waals surface area (Å²) in [4.78, 5) is 23.7. The Morgan fingerprint density at radius 1 is 0.968 bits per heavy atom. The fraction of sp³-hybridized carbons (Fsp3) is 0.286. The summed E-state index contributed by atoms with van der Waals surface area (Å²) >= 11 is 0. The highest BCUT2D eigenvalue weighted by Gasteiger charge is 2.39. The number of hydrogen-bond acceptors (Lipinski definition) is 5. The van der Waals surface area contributed by atoms with Crippen molar-refractivity contribution in [3.8, 4) is 5.75 Å². The quantitative estimate of drug-likeness (QED) is 0.679. The van der Waals surface area contributed by atoms with E-state index in [0.717, 1.165) is 0 Å². The molecule has 3 aromatic rings. The van der Waals surface area contributed by atoms with E-state index >= 15 is 0 Å². The molecule has 2 amide bonds. The lowest BCUT2D eigenvalue weighted by Gasteiger charge is -2.36. The number of nitrogens with one attached hydrogen (secondary N) is 1. The molecule has 7 nitrogen and oxygen atoms in total. The lowest BCUT2D eigenvalue weighted by atomic mass is 10.2. The zero-order valence-corrected chi connectivity index (χ0v) is 16.7. The van der Waals surface area contributed by atoms with Crippen molar-refractivity contribution < 1.29 is 22.7 Å². The summed E-state index contributed by atoms with van der Waals surface area (Å²) in [6.07, 6.45) is -4.63. The first kappa shape index (κ1) is 20.7. The molecule has 31 heavy (non-hydrogen) atoms. The Kier molecular flexibility index (Phi) is 5.53. The van der Waals surface area contributed by atoms with Crippen LogP contribution in [0.2, 0.25) is 0 Å². The number of carbonyl (C=O) groups is 1. The Labute approximate surface area is 176 Å². The van der Waals surface area contributed by atoms with Crippen molar-refractivity contribution in [3.05, 3.63) is 54.2 Å². The number of urea groups is 1. The van der Waals surface area contributed by atoms with Gasteiger partial charge in [-0.25, -0.2) is 14.8 Å². The first-order valence-electron chi connectivity index (χ1n) is 9.64. The third kappa shape index (κ3) is 4.47. The smallest absolute Gasteiger partial charge is 0.437 e. The van der Waals surface area contributed by atoms with Gasteiger partial charge in [0.05, 0.1) is 18.1 Å². The van der Waals surface area contributed by atoms with Gasteiger partial charge in [0.15, 0.2) is 11.5 Å². The monoisotopic (exact) mass is 431 g/mol. The van der Waals surface area contributed by atoms with Crippen LogP contribution in [0.25, 0.3) is 11.0 Å². The van der Waals surface area contributed by atoms with Crippen molar-refractivity contribution in [2.24, 2.45) is 0 Å². The second-order valence-corrected chi connectivity index (χ2v) is 7.02. The van der Waals surface area contributed by atoms with Crippen LogP contribution in [0.1, 0.15) is 5.69 Å². The Bertz CT molecular complexity index is 1080. The number of alkyl halides is 3. The van der Waals surface area contributed by atoms with E-state index in [0.29, 0.717) is 17.0 Å².